The first kappa shape index (κ1) is 36.8. The van der Waals surface area contributed by atoms with Crippen LogP contribution in [0.2, 0.25) is 0 Å². The molecule has 8 rings (SSSR count). The lowest BCUT2D eigenvalue weighted by atomic mass is 9.56. The van der Waals surface area contributed by atoms with Gasteiger partial charge in [0.2, 0.25) is 5.79 Å². The zero-order chi connectivity index (χ0) is 37.8. The number of carbonyl (C=O) groups is 1. The lowest BCUT2D eigenvalue weighted by Crippen LogP contribution is -2.51. The molecule has 2 heterocycles. The van der Waals surface area contributed by atoms with Gasteiger partial charge in [-0.3, -0.25) is 0 Å². The van der Waals surface area contributed by atoms with Crippen LogP contribution in [0.25, 0.3) is 32.4 Å². The van der Waals surface area contributed by atoms with Gasteiger partial charge in [-0.2, -0.15) is 0 Å². The summed E-state index contributed by atoms with van der Waals surface area (Å²) in [6, 6.07) is 22.2. The lowest BCUT2D eigenvalue weighted by molar-refractivity contribution is -0.246. The summed E-state index contributed by atoms with van der Waals surface area (Å²) in [6.45, 7) is -1.94. The van der Waals surface area contributed by atoms with Crippen molar-refractivity contribution in [2.75, 3.05) is 13.2 Å². The van der Waals surface area contributed by atoms with Crippen molar-refractivity contribution in [1.29, 1.82) is 0 Å². The smallest absolute Gasteiger partial charge is 0.343 e. The van der Waals surface area contributed by atoms with Gasteiger partial charge in [0.1, 0.15) is 18.0 Å². The molecule has 0 bridgehead atoms. The molecule has 1 spiro atoms. The number of aromatic amines is 1. The molecule has 5 unspecified atom stereocenters. The topological polar surface area (TPSA) is 202 Å². The second-order valence-corrected chi connectivity index (χ2v) is 15.6. The van der Waals surface area contributed by atoms with Gasteiger partial charge < -0.3 is 54.9 Å². The summed E-state index contributed by atoms with van der Waals surface area (Å²) >= 11 is 0. The molecule has 8 N–H and O–H groups in total. The van der Waals surface area contributed by atoms with E-state index >= 15 is 0 Å². The van der Waals surface area contributed by atoms with Crippen molar-refractivity contribution in [2.45, 2.75) is 93.8 Å². The average Bonchev–Trinajstić information content (AvgIpc) is 3.86. The van der Waals surface area contributed by atoms with Gasteiger partial charge in [-0.05, 0) is 101 Å². The number of esters is 1. The van der Waals surface area contributed by atoms with E-state index in [1.165, 1.54) is 0 Å². The third-order valence-electron chi connectivity index (χ3n) is 12.7. The molecule has 1 aliphatic heterocycles. The molecule has 286 valence electrons. The highest BCUT2D eigenvalue weighted by molar-refractivity contribution is 6.14. The van der Waals surface area contributed by atoms with Crippen molar-refractivity contribution < 1.29 is 54.8 Å². The van der Waals surface area contributed by atoms with Gasteiger partial charge in [-0.15, -0.1) is 0 Å². The van der Waals surface area contributed by atoms with Crippen molar-refractivity contribution in [3.63, 3.8) is 0 Å². The van der Waals surface area contributed by atoms with Crippen molar-refractivity contribution in [2.24, 2.45) is 11.3 Å². The van der Waals surface area contributed by atoms with Gasteiger partial charge in [-0.25, -0.2) is 4.79 Å². The summed E-state index contributed by atoms with van der Waals surface area (Å²) in [4.78, 5) is 17.2. The van der Waals surface area contributed by atoms with E-state index < -0.39 is 60.9 Å². The number of benzene rings is 4. The summed E-state index contributed by atoms with van der Waals surface area (Å²) in [6.07, 6.45) is 0.383. The number of hydrogen-bond donors (Lipinski definition) is 8. The molecule has 3 fully saturated rings. The molecule has 0 radical (unpaired) electrons. The van der Waals surface area contributed by atoms with E-state index in [-0.39, 0.29) is 29.2 Å². The standard InChI is InChI=1S/C42H47NO11/c44-21-32-34(33-29-20-25-6-2-1-5-24(25)19-26(29)7-12-31(33)43-32)53-39(50)36-35(37(47)42(51,23-45)54-36)52-22-30(38(48)49)41(27-8-10-28(46)11-9-27)17-15-40(16-18-41)13-3-4-14-40/h1-2,5-12,19-20,30,35-38,43-49,51H,3-4,13-18,21-23H2. The number of aromatic nitrogens is 1. The van der Waals surface area contributed by atoms with Crippen LogP contribution in [0.5, 0.6) is 11.5 Å². The number of aliphatic hydroxyl groups is 6. The number of rotatable bonds is 10. The molecule has 2 saturated carbocycles. The Morgan fingerprint density at radius 2 is 1.57 bits per heavy atom. The van der Waals surface area contributed by atoms with Crippen LogP contribution >= 0.6 is 0 Å². The molecular weight excluding hydrogens is 694 g/mol. The van der Waals surface area contributed by atoms with Gasteiger partial charge in [-0.1, -0.05) is 55.3 Å². The number of fused-ring (bicyclic) bond motifs is 4. The van der Waals surface area contributed by atoms with Gasteiger partial charge in [0.25, 0.3) is 0 Å². The fourth-order valence-electron chi connectivity index (χ4n) is 9.65. The predicted molar refractivity (Wildman–Crippen MR) is 198 cm³/mol. The van der Waals surface area contributed by atoms with Crippen LogP contribution in [0.3, 0.4) is 0 Å². The predicted octanol–water partition coefficient (Wildman–Crippen LogP) is 4.40. The minimum Gasteiger partial charge on any atom is -0.508 e. The molecule has 1 aromatic heterocycles. The minimum atomic E-state index is -2.60. The van der Waals surface area contributed by atoms with Gasteiger partial charge in [0, 0.05) is 11.3 Å². The zero-order valence-corrected chi connectivity index (χ0v) is 29.9. The number of ether oxygens (including phenoxy) is 3. The first-order valence-electron chi connectivity index (χ1n) is 18.7. The Bertz CT molecular complexity index is 2150. The number of aromatic hydroxyl groups is 1. The van der Waals surface area contributed by atoms with Gasteiger partial charge in [0.15, 0.2) is 18.1 Å². The van der Waals surface area contributed by atoms with E-state index in [0.717, 1.165) is 65.6 Å². The Morgan fingerprint density at radius 3 is 2.22 bits per heavy atom. The summed E-state index contributed by atoms with van der Waals surface area (Å²) < 4.78 is 17.8. The molecule has 3 aliphatic rings. The third-order valence-corrected chi connectivity index (χ3v) is 12.7. The van der Waals surface area contributed by atoms with Gasteiger partial charge >= 0.3 is 5.97 Å². The first-order chi connectivity index (χ1) is 26.0. The molecule has 12 heteroatoms. The first-order valence-corrected chi connectivity index (χ1v) is 18.7. The second kappa shape index (κ2) is 14.2. The SMILES string of the molecule is O=C(Oc1c(CO)[nH]c2ccc3cc4ccccc4cc3c12)C1OC(O)(CO)C(O)C1OCC(C(O)O)C1(c2ccc(O)cc2)CCC2(CCCC2)CC1. The Hall–Kier alpha value is -4.11. The van der Waals surface area contributed by atoms with E-state index in [9.17, 15) is 40.5 Å². The molecule has 5 aromatic rings. The summed E-state index contributed by atoms with van der Waals surface area (Å²) in [5.74, 6) is -4.50. The number of hydrogen-bond acceptors (Lipinski definition) is 11. The maximum absolute atomic E-state index is 14.1. The number of carbonyl (C=O) groups excluding carboxylic acids is 1. The quantitative estimate of drug-likeness (QED) is 0.0573. The van der Waals surface area contributed by atoms with E-state index in [1.54, 1.807) is 24.3 Å². The molecule has 5 atom stereocenters. The largest absolute Gasteiger partial charge is 0.508 e. The summed E-state index contributed by atoms with van der Waals surface area (Å²) in [5.41, 5.74) is 1.01. The fraction of sp³-hybridized carbons (Fsp3) is 0.452. The third kappa shape index (κ3) is 6.24. The van der Waals surface area contributed by atoms with Crippen LogP contribution in [-0.2, 0) is 26.3 Å². The Balaban J connectivity index is 1.11. The molecule has 54 heavy (non-hydrogen) atoms. The lowest BCUT2D eigenvalue weighted by Gasteiger charge is -2.50. The number of aliphatic hydroxyl groups excluding tert-OH is 4. The molecular formula is C42H47NO11. The number of phenolic OH excluding ortho intramolecular Hbond substituents is 1. The van der Waals surface area contributed by atoms with Crippen LogP contribution in [0.4, 0.5) is 0 Å². The molecule has 2 aliphatic carbocycles. The fourth-order valence-corrected chi connectivity index (χ4v) is 9.65. The number of nitrogens with one attached hydrogen (secondary N) is 1. The van der Waals surface area contributed by atoms with Crippen molar-refractivity contribution in [3.05, 3.63) is 84.1 Å². The van der Waals surface area contributed by atoms with Crippen LogP contribution < -0.4 is 4.74 Å². The summed E-state index contributed by atoms with van der Waals surface area (Å²) in [5, 5.41) is 79.0. The Labute approximate surface area is 311 Å². The van der Waals surface area contributed by atoms with E-state index in [1.807, 2.05) is 48.5 Å². The normalized spacial score (nSPS) is 25.6. The molecule has 4 aromatic carbocycles. The van der Waals surface area contributed by atoms with Crippen LogP contribution in [0.1, 0.15) is 62.6 Å². The number of phenols is 1. The number of H-pyrrole nitrogens is 1. The van der Waals surface area contributed by atoms with E-state index in [4.69, 9.17) is 14.2 Å². The zero-order valence-electron chi connectivity index (χ0n) is 29.9. The molecule has 1 saturated heterocycles. The maximum atomic E-state index is 14.1. The van der Waals surface area contributed by atoms with Crippen molar-refractivity contribution in [1.82, 2.24) is 4.98 Å². The maximum Gasteiger partial charge on any atom is 0.343 e. The Kier molecular flexibility index (Phi) is 9.68. The highest BCUT2D eigenvalue weighted by Crippen LogP contribution is 2.57. The van der Waals surface area contributed by atoms with E-state index in [2.05, 4.69) is 4.98 Å². The average molecular weight is 742 g/mol. The molecule has 12 nitrogen and oxygen atoms in total. The van der Waals surface area contributed by atoms with E-state index in [0.29, 0.717) is 23.7 Å². The van der Waals surface area contributed by atoms with Crippen LogP contribution in [0, 0.1) is 11.3 Å². The highest BCUT2D eigenvalue weighted by atomic mass is 16.7. The van der Waals surface area contributed by atoms with Crippen molar-refractivity contribution in [3.8, 4) is 11.5 Å². The minimum absolute atomic E-state index is 0.0349. The van der Waals surface area contributed by atoms with Crippen LogP contribution in [-0.4, -0.2) is 90.3 Å². The highest BCUT2D eigenvalue weighted by Gasteiger charge is 2.59. The molecule has 0 amide bonds. The van der Waals surface area contributed by atoms with Crippen molar-refractivity contribution >= 4 is 38.4 Å². The van der Waals surface area contributed by atoms with Gasteiger partial charge in [0.05, 0.1) is 36.4 Å². The summed E-state index contributed by atoms with van der Waals surface area (Å²) in [7, 11) is 0. The monoisotopic (exact) mass is 741 g/mol. The van der Waals surface area contributed by atoms with Crippen LogP contribution in [0.15, 0.2) is 72.8 Å². The Morgan fingerprint density at radius 1 is 0.889 bits per heavy atom. The second-order valence-electron chi connectivity index (χ2n) is 15.6.